The molecule has 0 saturated heterocycles. The third-order valence-corrected chi connectivity index (χ3v) is 4.75. The van der Waals surface area contributed by atoms with E-state index < -0.39 is 14.9 Å². The molecule has 0 unspecified atom stereocenters. The molecule has 0 aromatic heterocycles. The van der Waals surface area contributed by atoms with E-state index in [-0.39, 0.29) is 36.3 Å². The second kappa shape index (κ2) is 7.78. The van der Waals surface area contributed by atoms with Crippen LogP contribution in [0.15, 0.2) is 24.3 Å². The van der Waals surface area contributed by atoms with Gasteiger partial charge in [0.15, 0.2) is 0 Å². The number of nitrogens with zero attached hydrogens (tertiary/aromatic N) is 2. The van der Waals surface area contributed by atoms with Crippen molar-refractivity contribution < 1.29 is 13.3 Å². The molecule has 0 amide bonds. The Morgan fingerprint density at radius 2 is 1.60 bits per heavy atom. The summed E-state index contributed by atoms with van der Waals surface area (Å²) in [5.41, 5.74) is 0.397. The summed E-state index contributed by atoms with van der Waals surface area (Å²) in [7, 11) is -3.54. The predicted octanol–water partition coefficient (Wildman–Crippen LogP) is 2.20. The first-order chi connectivity index (χ1) is 9.40. The standard InChI is InChI=1S/C11H14Cl2N2O4S/c12-5-7-14(8-6-13)20(18,19)9-10-1-3-11(4-2-10)15(16)17/h1-4H,5-9H2. The van der Waals surface area contributed by atoms with Crippen LogP contribution >= 0.6 is 23.2 Å². The smallest absolute Gasteiger partial charge is 0.258 e. The first kappa shape index (κ1) is 17.2. The van der Waals surface area contributed by atoms with E-state index in [0.29, 0.717) is 5.56 Å². The van der Waals surface area contributed by atoms with Gasteiger partial charge < -0.3 is 0 Å². The molecule has 6 nitrogen and oxygen atoms in total. The van der Waals surface area contributed by atoms with E-state index in [2.05, 4.69) is 0 Å². The molecule has 1 aromatic carbocycles. The van der Waals surface area contributed by atoms with Crippen LogP contribution in [0.5, 0.6) is 0 Å². The van der Waals surface area contributed by atoms with E-state index in [9.17, 15) is 18.5 Å². The zero-order chi connectivity index (χ0) is 15.2. The summed E-state index contributed by atoms with van der Waals surface area (Å²) in [6.45, 7) is 0.368. The molecule has 0 bridgehead atoms. The normalized spacial score (nSPS) is 11.8. The van der Waals surface area contributed by atoms with E-state index in [1.165, 1.54) is 28.6 Å². The predicted molar refractivity (Wildman–Crippen MR) is 78.7 cm³/mol. The average molecular weight is 341 g/mol. The Kier molecular flexibility index (Phi) is 6.67. The highest BCUT2D eigenvalue weighted by Gasteiger charge is 2.21. The lowest BCUT2D eigenvalue weighted by atomic mass is 10.2. The molecule has 112 valence electrons. The summed E-state index contributed by atoms with van der Waals surface area (Å²) in [5, 5.41) is 10.5. The van der Waals surface area contributed by atoms with Gasteiger partial charge in [0.25, 0.3) is 5.69 Å². The van der Waals surface area contributed by atoms with Gasteiger partial charge in [-0.05, 0) is 5.56 Å². The van der Waals surface area contributed by atoms with Crippen LogP contribution in [0.1, 0.15) is 5.56 Å². The zero-order valence-electron chi connectivity index (χ0n) is 10.5. The van der Waals surface area contributed by atoms with E-state index >= 15 is 0 Å². The number of benzene rings is 1. The molecule has 0 fully saturated rings. The van der Waals surface area contributed by atoms with Crippen molar-refractivity contribution in [1.82, 2.24) is 4.31 Å². The van der Waals surface area contributed by atoms with Crippen molar-refractivity contribution in [3.63, 3.8) is 0 Å². The monoisotopic (exact) mass is 340 g/mol. The number of alkyl halides is 2. The van der Waals surface area contributed by atoms with Gasteiger partial charge in [-0.2, -0.15) is 4.31 Å². The van der Waals surface area contributed by atoms with Crippen molar-refractivity contribution >= 4 is 38.9 Å². The van der Waals surface area contributed by atoms with Crippen LogP contribution in [0.25, 0.3) is 0 Å². The quantitative estimate of drug-likeness (QED) is 0.412. The molecule has 0 aliphatic carbocycles. The molecule has 0 saturated carbocycles. The molecule has 0 heterocycles. The molecule has 9 heteroatoms. The van der Waals surface area contributed by atoms with Gasteiger partial charge in [0, 0.05) is 37.0 Å². The largest absolute Gasteiger partial charge is 0.269 e. The van der Waals surface area contributed by atoms with Crippen LogP contribution < -0.4 is 0 Å². The number of non-ortho nitro benzene ring substituents is 1. The summed E-state index contributed by atoms with van der Waals surface area (Å²) < 4.78 is 25.6. The molecule has 0 aliphatic heterocycles. The van der Waals surface area contributed by atoms with Gasteiger partial charge >= 0.3 is 0 Å². The Morgan fingerprint density at radius 3 is 2.00 bits per heavy atom. The second-order valence-electron chi connectivity index (χ2n) is 3.96. The Morgan fingerprint density at radius 1 is 1.10 bits per heavy atom. The van der Waals surface area contributed by atoms with E-state index in [1.807, 2.05) is 0 Å². The summed E-state index contributed by atoms with van der Waals surface area (Å²) in [4.78, 5) is 9.99. The molecule has 0 spiro atoms. The molecule has 1 aromatic rings. The summed E-state index contributed by atoms with van der Waals surface area (Å²) in [5.74, 6) is 0.117. The lowest BCUT2D eigenvalue weighted by molar-refractivity contribution is -0.384. The van der Waals surface area contributed by atoms with Crippen molar-refractivity contribution in [3.8, 4) is 0 Å². The lowest BCUT2D eigenvalue weighted by Crippen LogP contribution is -2.35. The second-order valence-corrected chi connectivity index (χ2v) is 6.68. The Hall–Kier alpha value is -0.890. The molecule has 20 heavy (non-hydrogen) atoms. The van der Waals surface area contributed by atoms with Gasteiger partial charge in [-0.15, -0.1) is 23.2 Å². The Labute approximate surface area is 127 Å². The topological polar surface area (TPSA) is 80.5 Å². The van der Waals surface area contributed by atoms with Crippen LogP contribution in [-0.4, -0.2) is 42.5 Å². The van der Waals surface area contributed by atoms with E-state index in [4.69, 9.17) is 23.2 Å². The van der Waals surface area contributed by atoms with Crippen molar-refractivity contribution in [2.75, 3.05) is 24.8 Å². The summed E-state index contributed by atoms with van der Waals surface area (Å²) in [6.07, 6.45) is 0. The highest BCUT2D eigenvalue weighted by Crippen LogP contribution is 2.16. The van der Waals surface area contributed by atoms with Crippen LogP contribution in [0, 0.1) is 10.1 Å². The van der Waals surface area contributed by atoms with Crippen LogP contribution in [0.4, 0.5) is 5.69 Å². The fourth-order valence-corrected chi connectivity index (χ4v) is 3.74. The van der Waals surface area contributed by atoms with Gasteiger partial charge in [-0.3, -0.25) is 10.1 Å². The van der Waals surface area contributed by atoms with Crippen molar-refractivity contribution in [1.29, 1.82) is 0 Å². The van der Waals surface area contributed by atoms with E-state index in [0.717, 1.165) is 0 Å². The van der Waals surface area contributed by atoms with Crippen molar-refractivity contribution in [3.05, 3.63) is 39.9 Å². The fraction of sp³-hybridized carbons (Fsp3) is 0.455. The average Bonchev–Trinajstić information content (AvgIpc) is 2.38. The summed E-state index contributed by atoms with van der Waals surface area (Å²) in [6, 6.07) is 5.40. The third kappa shape index (κ3) is 4.90. The maximum absolute atomic E-state index is 12.2. The number of hydrogen-bond donors (Lipinski definition) is 0. The molecule has 1 rings (SSSR count). The molecule has 0 radical (unpaired) electrons. The maximum atomic E-state index is 12.2. The van der Waals surface area contributed by atoms with Gasteiger partial charge in [0.05, 0.1) is 10.7 Å². The minimum atomic E-state index is -3.54. The van der Waals surface area contributed by atoms with Gasteiger partial charge in [-0.25, -0.2) is 8.42 Å². The fourth-order valence-electron chi connectivity index (χ4n) is 1.59. The molecule has 0 atom stereocenters. The minimum absolute atomic E-state index is 0.0791. The molecular formula is C11H14Cl2N2O4S. The molecule has 0 N–H and O–H groups in total. The number of hydrogen-bond acceptors (Lipinski definition) is 4. The van der Waals surface area contributed by atoms with Gasteiger partial charge in [-0.1, -0.05) is 12.1 Å². The first-order valence-electron chi connectivity index (χ1n) is 5.74. The van der Waals surface area contributed by atoms with Crippen molar-refractivity contribution in [2.45, 2.75) is 5.75 Å². The number of sulfonamides is 1. The van der Waals surface area contributed by atoms with Crippen LogP contribution in [-0.2, 0) is 15.8 Å². The lowest BCUT2D eigenvalue weighted by Gasteiger charge is -2.20. The highest BCUT2D eigenvalue weighted by atomic mass is 35.5. The first-order valence-corrected chi connectivity index (χ1v) is 8.41. The number of rotatable bonds is 8. The third-order valence-electron chi connectivity index (χ3n) is 2.56. The van der Waals surface area contributed by atoms with Gasteiger partial charge in [0.1, 0.15) is 0 Å². The Bertz CT molecular complexity index is 542. The maximum Gasteiger partial charge on any atom is 0.269 e. The number of nitro groups is 1. The number of halogens is 2. The van der Waals surface area contributed by atoms with Crippen LogP contribution in [0.2, 0.25) is 0 Å². The SMILES string of the molecule is O=[N+]([O-])c1ccc(CS(=O)(=O)N(CCCl)CCCl)cc1. The van der Waals surface area contributed by atoms with Crippen molar-refractivity contribution in [2.24, 2.45) is 0 Å². The summed E-state index contributed by atoms with van der Waals surface area (Å²) >= 11 is 11.1. The molecule has 0 aliphatic rings. The minimum Gasteiger partial charge on any atom is -0.258 e. The highest BCUT2D eigenvalue weighted by molar-refractivity contribution is 7.88. The van der Waals surface area contributed by atoms with E-state index in [1.54, 1.807) is 0 Å². The zero-order valence-corrected chi connectivity index (χ0v) is 12.9. The Balaban J connectivity index is 2.86. The van der Waals surface area contributed by atoms with Crippen LogP contribution in [0.3, 0.4) is 0 Å². The molecular weight excluding hydrogens is 327 g/mol. The number of nitro benzene ring substituents is 1. The van der Waals surface area contributed by atoms with Gasteiger partial charge in [0.2, 0.25) is 10.0 Å².